The van der Waals surface area contributed by atoms with E-state index in [0.29, 0.717) is 12.8 Å². The summed E-state index contributed by atoms with van der Waals surface area (Å²) in [6.45, 7) is 18.5. The molecule has 0 heterocycles. The zero-order chi connectivity index (χ0) is 24.0. The third kappa shape index (κ3) is 18.0. The number of hydrogen-bond acceptors (Lipinski definition) is 3. The molecular formula is C25H55FNO3S+. The van der Waals surface area contributed by atoms with Crippen molar-refractivity contribution >= 4 is 10.1 Å². The Bertz CT molecular complexity index is 450. The van der Waals surface area contributed by atoms with Crippen molar-refractivity contribution in [1.82, 2.24) is 0 Å². The number of rotatable bonds is 20. The molecule has 0 aromatic rings. The topological polar surface area (TPSA) is 43.4 Å². The molecule has 0 saturated carbocycles. The molecule has 0 aromatic heterocycles. The number of unbranched alkanes of at least 4 members (excludes halogenated alkanes) is 10. The minimum Gasteiger partial charge on any atom is -0.325 e. The monoisotopic (exact) mass is 468 g/mol. The van der Waals surface area contributed by atoms with Crippen LogP contribution in [0.4, 0.5) is 4.39 Å². The van der Waals surface area contributed by atoms with Gasteiger partial charge in [-0.15, -0.1) is 0 Å². The highest BCUT2D eigenvalue weighted by molar-refractivity contribution is 7.87. The summed E-state index contributed by atoms with van der Waals surface area (Å²) in [5, 5.41) is 0. The van der Waals surface area contributed by atoms with E-state index in [1.165, 1.54) is 69.2 Å². The van der Waals surface area contributed by atoms with E-state index in [4.69, 9.17) is 4.18 Å². The highest BCUT2D eigenvalue weighted by atomic mass is 32.2. The molecule has 0 bridgehead atoms. The third-order valence-electron chi connectivity index (χ3n) is 6.53. The van der Waals surface area contributed by atoms with E-state index < -0.39 is 15.6 Å². The molecule has 4 nitrogen and oxygen atoms in total. The Morgan fingerprint density at radius 1 is 0.645 bits per heavy atom. The van der Waals surface area contributed by atoms with Crippen LogP contribution in [0.5, 0.6) is 0 Å². The first-order valence-electron chi connectivity index (χ1n) is 13.2. The largest absolute Gasteiger partial charge is 0.325 e. The van der Waals surface area contributed by atoms with Gasteiger partial charge in [-0.3, -0.25) is 4.18 Å². The molecule has 0 rings (SSSR count). The summed E-state index contributed by atoms with van der Waals surface area (Å²) < 4.78 is 42.8. The number of nitrogens with zero attached hydrogens (tertiary/aromatic N) is 1. The molecule has 0 saturated heterocycles. The van der Waals surface area contributed by atoms with Crippen LogP contribution in [0.2, 0.25) is 0 Å². The summed E-state index contributed by atoms with van der Waals surface area (Å²) in [6.07, 6.45) is 12.8. The maximum Gasteiger partial charge on any atom is 0.299 e. The Morgan fingerprint density at radius 2 is 1.03 bits per heavy atom. The first-order valence-corrected chi connectivity index (χ1v) is 14.6. The van der Waals surface area contributed by atoms with Crippen LogP contribution in [0.1, 0.15) is 125 Å². The summed E-state index contributed by atoms with van der Waals surface area (Å²) in [6, 6.07) is 0. The van der Waals surface area contributed by atoms with Crippen molar-refractivity contribution in [1.29, 1.82) is 0 Å². The van der Waals surface area contributed by atoms with Gasteiger partial charge in [-0.2, -0.15) is 8.42 Å². The Labute approximate surface area is 195 Å². The van der Waals surface area contributed by atoms with Crippen molar-refractivity contribution < 1.29 is 21.5 Å². The smallest absolute Gasteiger partial charge is 0.299 e. The lowest BCUT2D eigenvalue weighted by atomic mass is 10.1. The summed E-state index contributed by atoms with van der Waals surface area (Å²) in [5.41, 5.74) is -1.86. The van der Waals surface area contributed by atoms with E-state index >= 15 is 0 Å². The van der Waals surface area contributed by atoms with Crippen molar-refractivity contribution in [2.45, 2.75) is 131 Å². The maximum atomic E-state index is 13.6. The standard InChI is InChI=1S/C17H35FO3S.C8H20N/c1-3-5-7-8-9-10-11-12-14-16-21-22(19,20)17(18)15-13-6-4-2;1-5-9(6-2,7-3)8-4/h17H,3-16H2,1-2H3;5-8H2,1-4H3/q;+1. The fourth-order valence-electron chi connectivity index (χ4n) is 3.70. The van der Waals surface area contributed by atoms with Crippen molar-refractivity contribution in [3.63, 3.8) is 0 Å². The zero-order valence-corrected chi connectivity index (χ0v) is 22.6. The molecular weight excluding hydrogens is 413 g/mol. The van der Waals surface area contributed by atoms with Gasteiger partial charge in [-0.1, -0.05) is 78.1 Å². The van der Waals surface area contributed by atoms with E-state index in [0.717, 1.165) is 25.7 Å². The van der Waals surface area contributed by atoms with E-state index in [1.54, 1.807) is 0 Å². The Balaban J connectivity index is 0. The average Bonchev–Trinajstić information content (AvgIpc) is 2.77. The maximum absolute atomic E-state index is 13.6. The number of alkyl halides is 1. The lowest BCUT2D eigenvalue weighted by Crippen LogP contribution is -2.47. The van der Waals surface area contributed by atoms with Crippen LogP contribution >= 0.6 is 0 Å². The van der Waals surface area contributed by atoms with E-state index in [9.17, 15) is 12.8 Å². The van der Waals surface area contributed by atoms with Gasteiger partial charge in [0.1, 0.15) is 0 Å². The average molecular weight is 469 g/mol. The van der Waals surface area contributed by atoms with E-state index in [1.807, 2.05) is 6.92 Å². The summed E-state index contributed by atoms with van der Waals surface area (Å²) in [7, 11) is -4.02. The van der Waals surface area contributed by atoms with Gasteiger partial charge in [-0.25, -0.2) is 4.39 Å². The third-order valence-corrected chi connectivity index (χ3v) is 7.88. The number of halogens is 1. The van der Waals surface area contributed by atoms with Crippen LogP contribution in [0.3, 0.4) is 0 Å². The van der Waals surface area contributed by atoms with Gasteiger partial charge >= 0.3 is 0 Å². The second-order valence-corrected chi connectivity index (χ2v) is 10.4. The lowest BCUT2D eigenvalue weighted by molar-refractivity contribution is -0.921. The van der Waals surface area contributed by atoms with Gasteiger partial charge in [0.25, 0.3) is 10.1 Å². The molecule has 0 amide bonds. The van der Waals surface area contributed by atoms with Crippen LogP contribution in [0.15, 0.2) is 0 Å². The second-order valence-electron chi connectivity index (χ2n) is 8.66. The highest BCUT2D eigenvalue weighted by Gasteiger charge is 2.25. The first-order chi connectivity index (χ1) is 14.8. The minimum absolute atomic E-state index is 0.0495. The molecule has 1 unspecified atom stereocenters. The van der Waals surface area contributed by atoms with Crippen molar-refractivity contribution in [2.75, 3.05) is 32.8 Å². The SMILES string of the molecule is CCCCCCCCCCCOS(=O)(=O)C(F)CCCCC.CC[N+](CC)(CC)CC. The number of quaternary nitrogens is 1. The molecule has 0 aliphatic carbocycles. The molecule has 0 aliphatic rings. The normalized spacial score (nSPS) is 13.0. The molecule has 0 aliphatic heterocycles. The number of hydrogen-bond donors (Lipinski definition) is 0. The van der Waals surface area contributed by atoms with Gasteiger partial charge < -0.3 is 4.48 Å². The first kappa shape index (κ1) is 33.0. The predicted octanol–water partition coefficient (Wildman–Crippen LogP) is 7.62. The molecule has 6 heteroatoms. The molecule has 0 fully saturated rings. The van der Waals surface area contributed by atoms with Crippen molar-refractivity contribution in [3.8, 4) is 0 Å². The van der Waals surface area contributed by atoms with Crippen LogP contribution in [0, 0.1) is 0 Å². The van der Waals surface area contributed by atoms with Crippen molar-refractivity contribution in [2.24, 2.45) is 0 Å². The quantitative estimate of drug-likeness (QED) is 0.105. The van der Waals surface area contributed by atoms with Crippen LogP contribution in [-0.2, 0) is 14.3 Å². The summed E-state index contributed by atoms with van der Waals surface area (Å²) >= 11 is 0. The molecule has 0 radical (unpaired) electrons. The summed E-state index contributed by atoms with van der Waals surface area (Å²) in [4.78, 5) is 0. The van der Waals surface area contributed by atoms with Crippen LogP contribution in [-0.4, -0.2) is 51.2 Å². The van der Waals surface area contributed by atoms with Gasteiger partial charge in [0.05, 0.1) is 32.8 Å². The van der Waals surface area contributed by atoms with Crippen molar-refractivity contribution in [3.05, 3.63) is 0 Å². The Morgan fingerprint density at radius 3 is 1.42 bits per heavy atom. The molecule has 0 aromatic carbocycles. The fraction of sp³-hybridized carbons (Fsp3) is 1.00. The fourth-order valence-corrected chi connectivity index (χ4v) is 4.66. The van der Waals surface area contributed by atoms with Gasteiger partial charge in [0.2, 0.25) is 5.50 Å². The molecule has 1 atom stereocenters. The van der Waals surface area contributed by atoms with Crippen LogP contribution in [0.25, 0.3) is 0 Å². The molecule has 190 valence electrons. The minimum atomic E-state index is -4.02. The zero-order valence-electron chi connectivity index (χ0n) is 21.8. The molecule has 31 heavy (non-hydrogen) atoms. The predicted molar refractivity (Wildman–Crippen MR) is 134 cm³/mol. The van der Waals surface area contributed by atoms with E-state index in [2.05, 4.69) is 34.6 Å². The second kappa shape index (κ2) is 21.6. The van der Waals surface area contributed by atoms with Gasteiger partial charge in [-0.05, 0) is 47.0 Å². The van der Waals surface area contributed by atoms with Crippen LogP contribution < -0.4 is 0 Å². The lowest BCUT2D eigenvalue weighted by Gasteiger charge is -2.34. The molecule has 0 N–H and O–H groups in total. The van der Waals surface area contributed by atoms with Gasteiger partial charge in [0, 0.05) is 0 Å². The summed E-state index contributed by atoms with van der Waals surface area (Å²) in [5.74, 6) is 0. The Kier molecular flexibility index (Phi) is 23.0. The Hall–Kier alpha value is -0.200. The van der Waals surface area contributed by atoms with E-state index in [-0.39, 0.29) is 13.0 Å². The highest BCUT2D eigenvalue weighted by Crippen LogP contribution is 2.16. The van der Waals surface area contributed by atoms with Gasteiger partial charge in [0.15, 0.2) is 0 Å². The molecule has 0 spiro atoms.